The molecule has 0 fully saturated rings. The van der Waals surface area contributed by atoms with Crippen molar-refractivity contribution >= 4 is 52.1 Å². The maximum Gasteiger partial charge on any atom is 0.310 e. The number of hydrogen-bond donors (Lipinski definition) is 0. The minimum atomic E-state index is -0.310. The van der Waals surface area contributed by atoms with Crippen molar-refractivity contribution in [2.24, 2.45) is 5.41 Å². The smallest absolute Gasteiger partial charge is 0.310 e. The molecule has 1 aliphatic carbocycles. The highest BCUT2D eigenvalue weighted by Crippen LogP contribution is 2.43. The average Bonchev–Trinajstić information content (AvgIpc) is 2.55. The first-order valence-corrected chi connectivity index (χ1v) is 10.4. The number of ketones is 1. The second-order valence-corrected chi connectivity index (χ2v) is 8.97. The van der Waals surface area contributed by atoms with Crippen LogP contribution in [0.4, 0.5) is 0 Å². The predicted octanol–water partition coefficient (Wildman–Crippen LogP) is 7.26. The molecule has 6 heteroatoms. The first-order chi connectivity index (χ1) is 12.6. The van der Waals surface area contributed by atoms with Gasteiger partial charge in [-0.3, -0.25) is 9.59 Å². The highest BCUT2D eigenvalue weighted by molar-refractivity contribution is 6.48. The summed E-state index contributed by atoms with van der Waals surface area (Å²) in [7, 11) is 0. The van der Waals surface area contributed by atoms with E-state index in [-0.39, 0.29) is 32.2 Å². The van der Waals surface area contributed by atoms with Gasteiger partial charge in [-0.1, -0.05) is 74.8 Å². The topological polar surface area (TPSA) is 43.4 Å². The molecule has 0 N–H and O–H groups in total. The molecule has 148 valence electrons. The lowest BCUT2D eigenvalue weighted by Crippen LogP contribution is -2.27. The van der Waals surface area contributed by atoms with Gasteiger partial charge < -0.3 is 4.74 Å². The van der Waals surface area contributed by atoms with Gasteiger partial charge in [0.2, 0.25) is 0 Å². The third-order valence-corrected chi connectivity index (χ3v) is 5.78. The van der Waals surface area contributed by atoms with Crippen LogP contribution in [0.25, 0.3) is 5.57 Å². The average molecular weight is 432 g/mol. The zero-order valence-corrected chi connectivity index (χ0v) is 18.2. The molecule has 27 heavy (non-hydrogen) atoms. The number of esters is 1. The van der Waals surface area contributed by atoms with E-state index in [4.69, 9.17) is 39.5 Å². The van der Waals surface area contributed by atoms with Crippen LogP contribution >= 0.6 is 34.8 Å². The molecule has 0 atom stereocenters. The summed E-state index contributed by atoms with van der Waals surface area (Å²) in [5.41, 5.74) is 0.624. The van der Waals surface area contributed by atoms with Crippen molar-refractivity contribution in [3.63, 3.8) is 0 Å². The van der Waals surface area contributed by atoms with Crippen LogP contribution in [0.3, 0.4) is 0 Å². The lowest BCUT2D eigenvalue weighted by molar-refractivity contribution is -0.140. The molecule has 1 aliphatic rings. The zero-order chi connectivity index (χ0) is 20.2. The normalized spacial score (nSPS) is 16.6. The molecule has 0 aromatic heterocycles. The maximum atomic E-state index is 12.8. The quantitative estimate of drug-likeness (QED) is 0.259. The number of rotatable bonds is 7. The van der Waals surface area contributed by atoms with Gasteiger partial charge in [-0.25, -0.2) is 0 Å². The van der Waals surface area contributed by atoms with E-state index in [0.717, 1.165) is 25.7 Å². The number of benzene rings is 1. The van der Waals surface area contributed by atoms with Gasteiger partial charge in [-0.15, -0.1) is 0 Å². The third-order valence-electron chi connectivity index (χ3n) is 4.58. The van der Waals surface area contributed by atoms with Crippen molar-refractivity contribution in [2.75, 3.05) is 0 Å². The van der Waals surface area contributed by atoms with Crippen LogP contribution in [-0.4, -0.2) is 11.8 Å². The van der Waals surface area contributed by atoms with Crippen LogP contribution in [-0.2, 0) is 14.3 Å². The minimum Gasteiger partial charge on any atom is -0.430 e. The van der Waals surface area contributed by atoms with Gasteiger partial charge in [0.1, 0.15) is 5.76 Å². The Hall–Kier alpha value is -1.03. The van der Waals surface area contributed by atoms with Crippen molar-refractivity contribution < 1.29 is 14.3 Å². The van der Waals surface area contributed by atoms with Gasteiger partial charge in [-0.05, 0) is 29.5 Å². The Balaban J connectivity index is 2.35. The standard InChI is InChI=1S/C21H25Cl3O3/c1-4-5-6-7-8-18(26)27-17-12-21(2,3)11-16(25)19(17)13-9-14(22)20(24)15(23)10-13/h9-10H,4-8,11-12H2,1-3H3. The van der Waals surface area contributed by atoms with Crippen LogP contribution in [0.15, 0.2) is 17.9 Å². The van der Waals surface area contributed by atoms with E-state index in [0.29, 0.717) is 36.2 Å². The number of halogens is 3. The van der Waals surface area contributed by atoms with Crippen molar-refractivity contribution in [2.45, 2.75) is 65.7 Å². The van der Waals surface area contributed by atoms with Gasteiger partial charge in [-0.2, -0.15) is 0 Å². The monoisotopic (exact) mass is 430 g/mol. The second-order valence-electron chi connectivity index (χ2n) is 7.78. The van der Waals surface area contributed by atoms with Gasteiger partial charge >= 0.3 is 5.97 Å². The van der Waals surface area contributed by atoms with Crippen LogP contribution in [0.2, 0.25) is 15.1 Å². The van der Waals surface area contributed by atoms with E-state index in [1.54, 1.807) is 12.1 Å². The van der Waals surface area contributed by atoms with Crippen molar-refractivity contribution in [3.05, 3.63) is 38.5 Å². The lowest BCUT2D eigenvalue weighted by Gasteiger charge is -2.31. The van der Waals surface area contributed by atoms with E-state index in [2.05, 4.69) is 6.92 Å². The second kappa shape index (κ2) is 9.45. The fraction of sp³-hybridized carbons (Fsp3) is 0.524. The van der Waals surface area contributed by atoms with E-state index >= 15 is 0 Å². The summed E-state index contributed by atoms with van der Waals surface area (Å²) in [5.74, 6) is -0.00375. The fourth-order valence-electron chi connectivity index (χ4n) is 3.26. The molecular formula is C21H25Cl3O3. The fourth-order valence-corrected chi connectivity index (χ4v) is 3.85. The van der Waals surface area contributed by atoms with E-state index in [1.807, 2.05) is 13.8 Å². The minimum absolute atomic E-state index is 0.0884. The van der Waals surface area contributed by atoms with Crippen LogP contribution < -0.4 is 0 Å². The molecule has 0 heterocycles. The molecule has 0 radical (unpaired) electrons. The summed E-state index contributed by atoms with van der Waals surface area (Å²) < 4.78 is 5.66. The Labute approximate surface area is 176 Å². The highest BCUT2D eigenvalue weighted by Gasteiger charge is 2.36. The summed E-state index contributed by atoms with van der Waals surface area (Å²) in [5, 5.41) is 0.754. The molecule has 0 bridgehead atoms. The SMILES string of the molecule is CCCCCCC(=O)OC1=C(c2cc(Cl)c(Cl)c(Cl)c2)C(=O)CC(C)(C)C1. The Kier molecular flexibility index (Phi) is 7.79. The molecule has 1 aromatic rings. The number of unbranched alkanes of at least 4 members (excludes halogenated alkanes) is 3. The molecule has 3 nitrogen and oxygen atoms in total. The van der Waals surface area contributed by atoms with Crippen LogP contribution in [0, 0.1) is 5.41 Å². The number of hydrogen-bond acceptors (Lipinski definition) is 3. The third kappa shape index (κ3) is 5.97. The van der Waals surface area contributed by atoms with E-state index < -0.39 is 0 Å². The Bertz CT molecular complexity index is 743. The number of allylic oxidation sites excluding steroid dienone is 2. The highest BCUT2D eigenvalue weighted by atomic mass is 35.5. The Morgan fingerprint density at radius 1 is 1.07 bits per heavy atom. The molecule has 0 aliphatic heterocycles. The maximum absolute atomic E-state index is 12.8. The number of carbonyl (C=O) groups excluding carboxylic acids is 2. The van der Waals surface area contributed by atoms with Crippen molar-refractivity contribution in [1.82, 2.24) is 0 Å². The molecule has 0 saturated carbocycles. The summed E-state index contributed by atoms with van der Waals surface area (Å²) in [6, 6.07) is 3.19. The van der Waals surface area contributed by atoms with Gasteiger partial charge in [0.25, 0.3) is 0 Å². The van der Waals surface area contributed by atoms with Gasteiger partial charge in [0.15, 0.2) is 5.78 Å². The summed E-state index contributed by atoms with van der Waals surface area (Å²) in [6.07, 6.45) is 5.16. The summed E-state index contributed by atoms with van der Waals surface area (Å²) in [6.45, 7) is 6.09. The molecule has 0 spiro atoms. The van der Waals surface area contributed by atoms with Crippen LogP contribution in [0.1, 0.15) is 71.3 Å². The Morgan fingerprint density at radius 2 is 1.70 bits per heavy atom. The van der Waals surface area contributed by atoms with Gasteiger partial charge in [0.05, 0.1) is 20.6 Å². The molecule has 0 unspecified atom stereocenters. The molecule has 0 amide bonds. The summed E-state index contributed by atoms with van der Waals surface area (Å²) >= 11 is 18.3. The number of carbonyl (C=O) groups is 2. The number of ether oxygens (including phenoxy) is 1. The first-order valence-electron chi connectivity index (χ1n) is 9.26. The van der Waals surface area contributed by atoms with Crippen LogP contribution in [0.5, 0.6) is 0 Å². The van der Waals surface area contributed by atoms with E-state index in [1.165, 1.54) is 0 Å². The Morgan fingerprint density at radius 3 is 2.30 bits per heavy atom. The van der Waals surface area contributed by atoms with Crippen molar-refractivity contribution in [1.29, 1.82) is 0 Å². The molecule has 1 aromatic carbocycles. The van der Waals surface area contributed by atoms with E-state index in [9.17, 15) is 9.59 Å². The molecule has 2 rings (SSSR count). The van der Waals surface area contributed by atoms with Gasteiger partial charge in [0, 0.05) is 19.3 Å². The summed E-state index contributed by atoms with van der Waals surface area (Å²) in [4.78, 5) is 25.2. The number of Topliss-reactive ketones (excluding diaryl/α,β-unsaturated/α-hetero) is 1. The molecular weight excluding hydrogens is 407 g/mol. The lowest BCUT2D eigenvalue weighted by atomic mass is 9.75. The predicted molar refractivity (Wildman–Crippen MR) is 111 cm³/mol. The van der Waals surface area contributed by atoms with Crippen molar-refractivity contribution in [3.8, 4) is 0 Å². The first kappa shape index (κ1) is 22.3. The zero-order valence-electron chi connectivity index (χ0n) is 16.0. The largest absolute Gasteiger partial charge is 0.430 e. The molecule has 0 saturated heterocycles.